The van der Waals surface area contributed by atoms with Crippen molar-refractivity contribution in [2.45, 2.75) is 71.0 Å². The summed E-state index contributed by atoms with van der Waals surface area (Å²) in [4.78, 5) is 12.4. The van der Waals surface area contributed by atoms with E-state index in [-0.39, 0.29) is 18.2 Å². The number of pyridine rings is 2. The first kappa shape index (κ1) is 29.8. The van der Waals surface area contributed by atoms with Crippen LogP contribution in [0, 0.1) is 5.82 Å². The number of aliphatic hydroxyl groups is 2. The van der Waals surface area contributed by atoms with Gasteiger partial charge >= 0.3 is 0 Å². The zero-order chi connectivity index (χ0) is 28.8. The summed E-state index contributed by atoms with van der Waals surface area (Å²) in [7, 11) is 4.11. The highest BCUT2D eigenvalue weighted by molar-refractivity contribution is 5.85. The molecule has 3 aromatic rings. The Kier molecular flexibility index (Phi) is 10.1. The van der Waals surface area contributed by atoms with Gasteiger partial charge in [0.25, 0.3) is 0 Å². The largest absolute Gasteiger partial charge is 0.393 e. The van der Waals surface area contributed by atoms with Gasteiger partial charge in [0.2, 0.25) is 0 Å². The Morgan fingerprint density at radius 3 is 2.48 bits per heavy atom. The number of aromatic nitrogens is 2. The predicted octanol–water partition coefficient (Wildman–Crippen LogP) is 6.07. The third-order valence-corrected chi connectivity index (χ3v) is 7.45. The van der Waals surface area contributed by atoms with Crippen molar-refractivity contribution in [3.05, 3.63) is 70.8 Å². The fraction of sp³-hybridized carbons (Fsp3) is 0.455. The summed E-state index contributed by atoms with van der Waals surface area (Å²) in [5, 5.41) is 24.1. The average molecular weight is 547 g/mol. The molecule has 0 saturated heterocycles. The Labute approximate surface area is 238 Å². The van der Waals surface area contributed by atoms with Gasteiger partial charge in [0.15, 0.2) is 0 Å². The topological polar surface area (TPSA) is 81.5 Å². The first-order valence-corrected chi connectivity index (χ1v) is 14.4. The standard InChI is InChI=1S/C33H43FN4O2/c1-6-24(39)20-25(40)14-15-28-31(22-10-12-23(34)13-11-22)27-8-7-9-29-26(33(27)37-32(28)21(2)3)16-17-30(36-29)35-18-19-38(4)5/h10-17,21,24-25,39-40H,6-9,18-20H2,1-5H3,(H,35,36)/b15-14+/t24-,25+/m0/s1. The number of aryl methyl sites for hydroxylation is 1. The lowest BCUT2D eigenvalue weighted by Gasteiger charge is -2.22. The molecule has 0 spiro atoms. The molecule has 0 radical (unpaired) electrons. The zero-order valence-corrected chi connectivity index (χ0v) is 24.4. The highest BCUT2D eigenvalue weighted by atomic mass is 19.1. The molecule has 0 fully saturated rings. The van der Waals surface area contributed by atoms with Crippen molar-refractivity contribution in [1.82, 2.24) is 14.9 Å². The van der Waals surface area contributed by atoms with E-state index in [1.54, 1.807) is 6.08 Å². The van der Waals surface area contributed by atoms with E-state index in [0.29, 0.717) is 6.42 Å². The van der Waals surface area contributed by atoms with Gasteiger partial charge in [0, 0.05) is 30.6 Å². The summed E-state index contributed by atoms with van der Waals surface area (Å²) in [6, 6.07) is 10.8. The number of rotatable bonds is 11. The van der Waals surface area contributed by atoms with E-state index in [2.05, 4.69) is 44.2 Å². The number of anilines is 1. The van der Waals surface area contributed by atoms with E-state index in [1.807, 2.05) is 31.2 Å². The Morgan fingerprint density at radius 2 is 1.80 bits per heavy atom. The van der Waals surface area contributed by atoms with Crippen LogP contribution < -0.4 is 5.32 Å². The van der Waals surface area contributed by atoms with Crippen LogP contribution in [-0.4, -0.2) is 64.5 Å². The quantitative estimate of drug-likeness (QED) is 0.271. The Hall–Kier alpha value is -3.13. The first-order chi connectivity index (χ1) is 19.2. The van der Waals surface area contributed by atoms with Gasteiger partial charge in [-0.05, 0) is 86.7 Å². The monoisotopic (exact) mass is 546 g/mol. The number of hydrogen-bond acceptors (Lipinski definition) is 6. The zero-order valence-electron chi connectivity index (χ0n) is 24.4. The van der Waals surface area contributed by atoms with E-state index >= 15 is 0 Å². The molecule has 40 heavy (non-hydrogen) atoms. The molecular weight excluding hydrogens is 503 g/mol. The molecule has 0 unspecified atom stereocenters. The molecule has 6 nitrogen and oxygen atoms in total. The highest BCUT2D eigenvalue weighted by Gasteiger charge is 2.26. The molecule has 0 saturated carbocycles. The smallest absolute Gasteiger partial charge is 0.126 e. The van der Waals surface area contributed by atoms with Crippen LogP contribution in [0.4, 0.5) is 10.2 Å². The lowest BCUT2D eigenvalue weighted by Crippen LogP contribution is -2.21. The molecule has 7 heteroatoms. The summed E-state index contributed by atoms with van der Waals surface area (Å²) in [6.45, 7) is 7.87. The molecule has 4 rings (SSSR count). The van der Waals surface area contributed by atoms with E-state index in [9.17, 15) is 14.6 Å². The molecule has 214 valence electrons. The molecule has 0 bridgehead atoms. The minimum Gasteiger partial charge on any atom is -0.393 e. The van der Waals surface area contributed by atoms with E-state index in [4.69, 9.17) is 9.97 Å². The predicted molar refractivity (Wildman–Crippen MR) is 162 cm³/mol. The second-order valence-electron chi connectivity index (χ2n) is 11.3. The number of nitrogens with zero attached hydrogens (tertiary/aromatic N) is 3. The number of fused-ring (bicyclic) bond motifs is 3. The van der Waals surface area contributed by atoms with Gasteiger partial charge in [-0.1, -0.05) is 45.1 Å². The van der Waals surface area contributed by atoms with Crippen LogP contribution in [0.2, 0.25) is 0 Å². The third-order valence-electron chi connectivity index (χ3n) is 7.45. The molecule has 0 amide bonds. The summed E-state index contributed by atoms with van der Waals surface area (Å²) in [5.74, 6) is 0.696. The van der Waals surface area contributed by atoms with Gasteiger partial charge in [0.05, 0.1) is 29.3 Å². The second kappa shape index (κ2) is 13.5. The van der Waals surface area contributed by atoms with Crippen molar-refractivity contribution in [2.75, 3.05) is 32.5 Å². The van der Waals surface area contributed by atoms with Gasteiger partial charge in [-0.25, -0.2) is 9.37 Å². The number of aliphatic hydroxyl groups excluding tert-OH is 2. The molecular formula is C33H43FN4O2. The average Bonchev–Trinajstić information content (AvgIpc) is 3.10. The fourth-order valence-corrected chi connectivity index (χ4v) is 5.26. The highest BCUT2D eigenvalue weighted by Crippen LogP contribution is 2.42. The Bertz CT molecular complexity index is 1320. The van der Waals surface area contributed by atoms with Crippen molar-refractivity contribution < 1.29 is 14.6 Å². The summed E-state index contributed by atoms with van der Waals surface area (Å²) < 4.78 is 14.0. The molecule has 3 N–H and O–H groups in total. The van der Waals surface area contributed by atoms with Gasteiger partial charge in [0.1, 0.15) is 11.6 Å². The summed E-state index contributed by atoms with van der Waals surface area (Å²) in [5.41, 5.74) is 7.92. The Morgan fingerprint density at radius 1 is 1.05 bits per heavy atom. The molecule has 1 aliphatic carbocycles. The first-order valence-electron chi connectivity index (χ1n) is 14.4. The SMILES string of the molecule is CC[C@H](O)C[C@H](O)/C=C/c1c(C(C)C)nc2c(c1-c1ccc(F)cc1)CCCc1nc(NCCN(C)C)ccc1-2. The molecule has 0 aliphatic heterocycles. The summed E-state index contributed by atoms with van der Waals surface area (Å²) in [6.07, 6.45) is 5.78. The maximum Gasteiger partial charge on any atom is 0.126 e. The number of hydrogen-bond donors (Lipinski definition) is 3. The lowest BCUT2D eigenvalue weighted by molar-refractivity contribution is 0.102. The number of halogens is 1. The maximum absolute atomic E-state index is 14.0. The summed E-state index contributed by atoms with van der Waals surface area (Å²) >= 11 is 0. The van der Waals surface area contributed by atoms with Crippen LogP contribution >= 0.6 is 0 Å². The minimum atomic E-state index is -0.779. The van der Waals surface area contributed by atoms with Crippen molar-refractivity contribution in [1.29, 1.82) is 0 Å². The molecule has 2 heterocycles. The number of likely N-dealkylation sites (N-methyl/N-ethyl adjacent to an activating group) is 1. The third kappa shape index (κ3) is 7.14. The molecule has 2 aromatic heterocycles. The van der Waals surface area contributed by atoms with Gasteiger partial charge in [-0.15, -0.1) is 0 Å². The van der Waals surface area contributed by atoms with Crippen molar-refractivity contribution >= 4 is 11.9 Å². The van der Waals surface area contributed by atoms with Crippen LogP contribution in [0.5, 0.6) is 0 Å². The minimum absolute atomic E-state index is 0.106. The van der Waals surface area contributed by atoms with Crippen molar-refractivity contribution in [3.63, 3.8) is 0 Å². The van der Waals surface area contributed by atoms with Crippen LogP contribution in [0.3, 0.4) is 0 Å². The van der Waals surface area contributed by atoms with Crippen molar-refractivity contribution in [3.8, 4) is 22.4 Å². The fourth-order valence-electron chi connectivity index (χ4n) is 5.26. The molecule has 1 aliphatic rings. The van der Waals surface area contributed by atoms with Crippen LogP contribution in [-0.2, 0) is 12.8 Å². The number of nitrogens with one attached hydrogen (secondary N) is 1. The van der Waals surface area contributed by atoms with Crippen LogP contribution in [0.25, 0.3) is 28.5 Å². The van der Waals surface area contributed by atoms with E-state index in [0.717, 1.165) is 83.1 Å². The number of benzene rings is 1. The lowest BCUT2D eigenvalue weighted by atomic mass is 9.86. The van der Waals surface area contributed by atoms with Crippen LogP contribution in [0.15, 0.2) is 42.5 Å². The van der Waals surface area contributed by atoms with E-state index < -0.39 is 12.2 Å². The van der Waals surface area contributed by atoms with E-state index in [1.165, 1.54) is 12.1 Å². The molecule has 2 atom stereocenters. The van der Waals surface area contributed by atoms with Crippen LogP contribution in [0.1, 0.15) is 68.5 Å². The van der Waals surface area contributed by atoms with Gasteiger partial charge < -0.3 is 20.4 Å². The second-order valence-corrected chi connectivity index (χ2v) is 11.3. The Balaban J connectivity index is 1.87. The van der Waals surface area contributed by atoms with Gasteiger partial charge in [-0.3, -0.25) is 4.98 Å². The molecule has 1 aromatic carbocycles. The van der Waals surface area contributed by atoms with Gasteiger partial charge in [-0.2, -0.15) is 0 Å². The normalized spacial score (nSPS) is 14.8. The van der Waals surface area contributed by atoms with Crippen molar-refractivity contribution in [2.24, 2.45) is 0 Å². The maximum atomic E-state index is 14.0.